The summed E-state index contributed by atoms with van der Waals surface area (Å²) in [5.74, 6) is 1.81. The third kappa shape index (κ3) is 2.70. The van der Waals surface area contributed by atoms with Gasteiger partial charge in [0, 0.05) is 11.9 Å². The van der Waals surface area contributed by atoms with E-state index in [2.05, 4.69) is 10.3 Å². The van der Waals surface area contributed by atoms with Gasteiger partial charge in [0.25, 0.3) is 0 Å². The first-order valence-corrected chi connectivity index (χ1v) is 5.58. The van der Waals surface area contributed by atoms with Gasteiger partial charge in [-0.05, 0) is 17.7 Å². The third-order valence-corrected chi connectivity index (χ3v) is 2.65. The summed E-state index contributed by atoms with van der Waals surface area (Å²) in [7, 11) is 1.67. The van der Waals surface area contributed by atoms with Crippen LogP contribution in [0.2, 0.25) is 0 Å². The van der Waals surface area contributed by atoms with Gasteiger partial charge >= 0.3 is 0 Å². The maximum Gasteiger partial charge on any atom is 0.137 e. The molecule has 0 saturated heterocycles. The molecule has 0 unspecified atom stereocenters. The van der Waals surface area contributed by atoms with Crippen molar-refractivity contribution in [2.75, 3.05) is 12.4 Å². The van der Waals surface area contributed by atoms with E-state index in [-0.39, 0.29) is 0 Å². The molecule has 4 heteroatoms. The molecular formula is C11H12N2OS. The van der Waals surface area contributed by atoms with Crippen LogP contribution in [0.1, 0.15) is 5.56 Å². The smallest absolute Gasteiger partial charge is 0.137 e. The van der Waals surface area contributed by atoms with Crippen LogP contribution >= 0.6 is 11.3 Å². The van der Waals surface area contributed by atoms with Crippen molar-refractivity contribution >= 4 is 17.2 Å². The van der Waals surface area contributed by atoms with E-state index in [4.69, 9.17) is 4.74 Å². The highest BCUT2D eigenvalue weighted by Gasteiger charge is 1.96. The van der Waals surface area contributed by atoms with Crippen LogP contribution < -0.4 is 10.1 Å². The Kier molecular flexibility index (Phi) is 3.19. The Balaban J connectivity index is 1.93. The van der Waals surface area contributed by atoms with E-state index in [0.29, 0.717) is 0 Å². The van der Waals surface area contributed by atoms with E-state index >= 15 is 0 Å². The van der Waals surface area contributed by atoms with E-state index in [0.717, 1.165) is 18.1 Å². The average molecular weight is 220 g/mol. The Morgan fingerprint density at radius 3 is 2.73 bits per heavy atom. The van der Waals surface area contributed by atoms with Crippen LogP contribution in [0.25, 0.3) is 0 Å². The number of benzene rings is 1. The molecule has 1 N–H and O–H groups in total. The van der Waals surface area contributed by atoms with Crippen LogP contribution in [-0.4, -0.2) is 12.1 Å². The lowest BCUT2D eigenvalue weighted by molar-refractivity contribution is 0.414. The van der Waals surface area contributed by atoms with Crippen molar-refractivity contribution in [2.24, 2.45) is 0 Å². The van der Waals surface area contributed by atoms with Gasteiger partial charge in [-0.1, -0.05) is 12.1 Å². The molecule has 0 aliphatic carbocycles. The maximum atomic E-state index is 5.09. The van der Waals surface area contributed by atoms with E-state index in [9.17, 15) is 0 Å². The fourth-order valence-corrected chi connectivity index (χ4v) is 1.74. The zero-order valence-corrected chi connectivity index (χ0v) is 9.25. The Labute approximate surface area is 92.7 Å². The average Bonchev–Trinajstić information content (AvgIpc) is 2.80. The van der Waals surface area contributed by atoms with E-state index in [1.165, 1.54) is 5.56 Å². The minimum Gasteiger partial charge on any atom is -0.497 e. The number of thiazole rings is 1. The first kappa shape index (κ1) is 9.98. The minimum absolute atomic E-state index is 0.785. The fourth-order valence-electron chi connectivity index (χ4n) is 1.24. The molecule has 0 aliphatic heterocycles. The van der Waals surface area contributed by atoms with Crippen molar-refractivity contribution in [1.29, 1.82) is 0 Å². The largest absolute Gasteiger partial charge is 0.497 e. The molecule has 2 rings (SSSR count). The first-order chi connectivity index (χ1) is 7.38. The van der Waals surface area contributed by atoms with Gasteiger partial charge in [-0.2, -0.15) is 0 Å². The molecule has 0 fully saturated rings. The van der Waals surface area contributed by atoms with E-state index < -0.39 is 0 Å². The van der Waals surface area contributed by atoms with Crippen LogP contribution in [0.3, 0.4) is 0 Å². The molecule has 1 heterocycles. The summed E-state index contributed by atoms with van der Waals surface area (Å²) in [4.78, 5) is 4.15. The normalized spacial score (nSPS) is 9.93. The Morgan fingerprint density at radius 1 is 1.33 bits per heavy atom. The number of methoxy groups -OCH3 is 1. The van der Waals surface area contributed by atoms with Crippen molar-refractivity contribution in [3.05, 3.63) is 40.7 Å². The topological polar surface area (TPSA) is 34.1 Å². The highest BCUT2D eigenvalue weighted by atomic mass is 32.1. The van der Waals surface area contributed by atoms with Gasteiger partial charge in [-0.3, -0.25) is 0 Å². The number of aromatic nitrogens is 1. The second kappa shape index (κ2) is 4.79. The van der Waals surface area contributed by atoms with Crippen molar-refractivity contribution in [2.45, 2.75) is 6.54 Å². The molecule has 78 valence electrons. The van der Waals surface area contributed by atoms with Crippen LogP contribution in [-0.2, 0) is 6.54 Å². The maximum absolute atomic E-state index is 5.09. The minimum atomic E-state index is 0.785. The van der Waals surface area contributed by atoms with Crippen LogP contribution in [0.5, 0.6) is 5.75 Å². The fraction of sp³-hybridized carbons (Fsp3) is 0.182. The Hall–Kier alpha value is -1.55. The molecule has 2 aromatic rings. The first-order valence-electron chi connectivity index (χ1n) is 4.63. The second-order valence-electron chi connectivity index (χ2n) is 3.08. The number of hydrogen-bond acceptors (Lipinski definition) is 4. The molecular weight excluding hydrogens is 208 g/mol. The highest BCUT2D eigenvalue weighted by Crippen LogP contribution is 2.13. The van der Waals surface area contributed by atoms with E-state index in [1.807, 2.05) is 35.2 Å². The molecule has 1 aromatic heterocycles. The van der Waals surface area contributed by atoms with Gasteiger partial charge in [-0.15, -0.1) is 11.3 Å². The molecule has 0 atom stereocenters. The molecule has 0 aliphatic rings. The van der Waals surface area contributed by atoms with Crippen molar-refractivity contribution < 1.29 is 4.74 Å². The number of rotatable bonds is 4. The number of hydrogen-bond donors (Lipinski definition) is 1. The van der Waals surface area contributed by atoms with Gasteiger partial charge < -0.3 is 10.1 Å². The van der Waals surface area contributed by atoms with Crippen LogP contribution in [0.4, 0.5) is 5.82 Å². The summed E-state index contributed by atoms with van der Waals surface area (Å²) in [6.07, 6.45) is 0. The molecule has 15 heavy (non-hydrogen) atoms. The standard InChI is InChI=1S/C11H12N2OS/c1-14-10-4-2-9(3-5-10)6-12-11-7-15-8-13-11/h2-5,7-8,12H,6H2,1H3. The van der Waals surface area contributed by atoms with Gasteiger partial charge in [0.2, 0.25) is 0 Å². The predicted octanol–water partition coefficient (Wildman–Crippen LogP) is 2.76. The predicted molar refractivity (Wildman–Crippen MR) is 62.4 cm³/mol. The zero-order chi connectivity index (χ0) is 10.5. The van der Waals surface area contributed by atoms with Crippen molar-refractivity contribution in [3.63, 3.8) is 0 Å². The molecule has 0 bridgehead atoms. The second-order valence-corrected chi connectivity index (χ2v) is 3.79. The number of nitrogens with one attached hydrogen (secondary N) is 1. The molecule has 3 nitrogen and oxygen atoms in total. The van der Waals surface area contributed by atoms with Gasteiger partial charge in [0.05, 0.1) is 12.6 Å². The van der Waals surface area contributed by atoms with Crippen molar-refractivity contribution in [1.82, 2.24) is 4.98 Å². The van der Waals surface area contributed by atoms with Crippen LogP contribution in [0.15, 0.2) is 35.2 Å². The third-order valence-electron chi connectivity index (χ3n) is 2.07. The SMILES string of the molecule is COc1ccc(CNc2cscn2)cc1. The summed E-state index contributed by atoms with van der Waals surface area (Å²) in [5.41, 5.74) is 3.03. The summed E-state index contributed by atoms with van der Waals surface area (Å²) in [6.45, 7) is 0.785. The van der Waals surface area contributed by atoms with Crippen LogP contribution in [0, 0.1) is 0 Å². The quantitative estimate of drug-likeness (QED) is 0.860. The number of ether oxygens (including phenoxy) is 1. The van der Waals surface area contributed by atoms with Gasteiger partial charge in [0.1, 0.15) is 11.6 Å². The molecule has 0 radical (unpaired) electrons. The van der Waals surface area contributed by atoms with E-state index in [1.54, 1.807) is 18.4 Å². The van der Waals surface area contributed by atoms with Gasteiger partial charge in [0.15, 0.2) is 0 Å². The molecule has 1 aromatic carbocycles. The molecule has 0 spiro atoms. The van der Waals surface area contributed by atoms with Crippen molar-refractivity contribution in [3.8, 4) is 5.75 Å². The number of anilines is 1. The lowest BCUT2D eigenvalue weighted by atomic mass is 10.2. The lowest BCUT2D eigenvalue weighted by Gasteiger charge is -2.04. The molecule has 0 saturated carbocycles. The summed E-state index contributed by atoms with van der Waals surface area (Å²) in [6, 6.07) is 7.99. The Bertz CT molecular complexity index is 397. The lowest BCUT2D eigenvalue weighted by Crippen LogP contribution is -1.99. The number of nitrogens with zero attached hydrogens (tertiary/aromatic N) is 1. The monoisotopic (exact) mass is 220 g/mol. The summed E-state index contributed by atoms with van der Waals surface area (Å²) >= 11 is 1.59. The summed E-state index contributed by atoms with van der Waals surface area (Å²) < 4.78 is 5.09. The molecule has 0 amide bonds. The zero-order valence-electron chi connectivity index (χ0n) is 8.43. The highest BCUT2D eigenvalue weighted by molar-refractivity contribution is 7.07. The Morgan fingerprint density at radius 2 is 2.13 bits per heavy atom. The summed E-state index contributed by atoms with van der Waals surface area (Å²) in [5, 5.41) is 5.23. The van der Waals surface area contributed by atoms with Gasteiger partial charge in [-0.25, -0.2) is 4.98 Å².